The van der Waals surface area contributed by atoms with Crippen molar-refractivity contribution in [3.63, 3.8) is 0 Å². The van der Waals surface area contributed by atoms with Crippen molar-refractivity contribution in [1.82, 2.24) is 0 Å². The number of hydrogen-bond acceptors (Lipinski definition) is 3. The van der Waals surface area contributed by atoms with E-state index in [0.717, 1.165) is 24.3 Å². The largest absolute Gasteiger partial charge is 0.327 e. The third-order valence-corrected chi connectivity index (χ3v) is 4.67. The molecule has 1 aliphatic heterocycles. The lowest BCUT2D eigenvalue weighted by Gasteiger charge is -2.22. The molecule has 0 aliphatic carbocycles. The van der Waals surface area contributed by atoms with Crippen LogP contribution in [0.3, 0.4) is 0 Å². The van der Waals surface area contributed by atoms with Gasteiger partial charge >= 0.3 is 0 Å². The summed E-state index contributed by atoms with van der Waals surface area (Å²) in [6.45, 7) is 4.19. The Morgan fingerprint density at radius 3 is 3.00 bits per heavy atom. The van der Waals surface area contributed by atoms with Gasteiger partial charge in [-0.15, -0.1) is 0 Å². The smallest absolute Gasteiger partial charge is 0.237 e. The Labute approximate surface area is 119 Å². The van der Waals surface area contributed by atoms with Crippen molar-refractivity contribution in [3.8, 4) is 0 Å². The molecule has 0 fully saturated rings. The van der Waals surface area contributed by atoms with Crippen molar-refractivity contribution >= 4 is 23.4 Å². The zero-order valence-electron chi connectivity index (χ0n) is 11.6. The first-order chi connectivity index (χ1) is 9.13. The minimum Gasteiger partial charge on any atom is -0.327 e. The van der Waals surface area contributed by atoms with Crippen molar-refractivity contribution in [3.05, 3.63) is 29.8 Å². The van der Waals surface area contributed by atoms with E-state index in [1.807, 2.05) is 23.1 Å². The standard InChI is InChI=1S/C15H22N2OS/c1-3-13(16)9-19-10-15(18)17-11(2)8-12-6-4-5-7-14(12)17/h4-7,11,13H,3,8-10,16H2,1-2H3. The number of carbonyl (C=O) groups excluding carboxylic acids is 1. The van der Waals surface area contributed by atoms with E-state index in [1.165, 1.54) is 5.56 Å². The Morgan fingerprint density at radius 2 is 2.26 bits per heavy atom. The molecule has 2 rings (SSSR count). The Bertz CT molecular complexity index is 450. The van der Waals surface area contributed by atoms with Gasteiger partial charge in [0.25, 0.3) is 0 Å². The number of para-hydroxylation sites is 1. The third-order valence-electron chi connectivity index (χ3n) is 3.56. The number of carbonyl (C=O) groups is 1. The van der Waals surface area contributed by atoms with E-state index in [1.54, 1.807) is 11.8 Å². The van der Waals surface area contributed by atoms with E-state index >= 15 is 0 Å². The summed E-state index contributed by atoms with van der Waals surface area (Å²) in [4.78, 5) is 14.3. The second-order valence-electron chi connectivity index (χ2n) is 5.13. The summed E-state index contributed by atoms with van der Waals surface area (Å²) in [5.41, 5.74) is 8.23. The normalized spacial score (nSPS) is 19.3. The van der Waals surface area contributed by atoms with E-state index in [2.05, 4.69) is 19.9 Å². The Kier molecular flexibility index (Phi) is 4.88. The summed E-state index contributed by atoms with van der Waals surface area (Å²) in [6, 6.07) is 8.65. The van der Waals surface area contributed by atoms with Crippen molar-refractivity contribution in [2.75, 3.05) is 16.4 Å². The van der Waals surface area contributed by atoms with Crippen LogP contribution in [0.4, 0.5) is 5.69 Å². The molecule has 1 aliphatic rings. The van der Waals surface area contributed by atoms with Gasteiger partial charge in [-0.3, -0.25) is 4.79 Å². The monoisotopic (exact) mass is 278 g/mol. The third kappa shape index (κ3) is 3.31. The van der Waals surface area contributed by atoms with E-state index < -0.39 is 0 Å². The number of nitrogens with zero attached hydrogens (tertiary/aromatic N) is 1. The fourth-order valence-electron chi connectivity index (χ4n) is 2.43. The molecule has 2 atom stereocenters. The van der Waals surface area contributed by atoms with Gasteiger partial charge in [-0.25, -0.2) is 0 Å². The lowest BCUT2D eigenvalue weighted by atomic mass is 10.1. The lowest BCUT2D eigenvalue weighted by Crippen LogP contribution is -2.37. The van der Waals surface area contributed by atoms with Crippen LogP contribution in [0, 0.1) is 0 Å². The van der Waals surface area contributed by atoms with E-state index in [0.29, 0.717) is 5.75 Å². The fourth-order valence-corrected chi connectivity index (χ4v) is 3.40. The molecule has 4 heteroatoms. The maximum Gasteiger partial charge on any atom is 0.237 e. The van der Waals surface area contributed by atoms with Crippen molar-refractivity contribution < 1.29 is 4.79 Å². The fraction of sp³-hybridized carbons (Fsp3) is 0.533. The highest BCUT2D eigenvalue weighted by Gasteiger charge is 2.30. The zero-order valence-corrected chi connectivity index (χ0v) is 12.5. The first-order valence-corrected chi connectivity index (χ1v) is 8.02. The number of rotatable bonds is 5. The van der Waals surface area contributed by atoms with Gasteiger partial charge in [0.15, 0.2) is 0 Å². The number of benzene rings is 1. The van der Waals surface area contributed by atoms with E-state index in [-0.39, 0.29) is 18.0 Å². The zero-order chi connectivity index (χ0) is 13.8. The summed E-state index contributed by atoms with van der Waals surface area (Å²) in [5.74, 6) is 1.57. The number of anilines is 1. The van der Waals surface area contributed by atoms with Gasteiger partial charge in [0, 0.05) is 23.5 Å². The number of nitrogens with two attached hydrogens (primary N) is 1. The first-order valence-electron chi connectivity index (χ1n) is 6.86. The summed E-state index contributed by atoms with van der Waals surface area (Å²) < 4.78 is 0. The topological polar surface area (TPSA) is 46.3 Å². The van der Waals surface area contributed by atoms with Crippen LogP contribution >= 0.6 is 11.8 Å². The van der Waals surface area contributed by atoms with Gasteiger partial charge in [0.2, 0.25) is 5.91 Å². The quantitative estimate of drug-likeness (QED) is 0.900. The average molecular weight is 278 g/mol. The van der Waals surface area contributed by atoms with E-state index in [9.17, 15) is 4.79 Å². The Morgan fingerprint density at radius 1 is 1.53 bits per heavy atom. The molecule has 0 saturated carbocycles. The highest BCUT2D eigenvalue weighted by molar-refractivity contribution is 8.00. The van der Waals surface area contributed by atoms with Gasteiger partial charge in [0.05, 0.1) is 5.75 Å². The van der Waals surface area contributed by atoms with Crippen LogP contribution in [0.15, 0.2) is 24.3 Å². The summed E-state index contributed by atoms with van der Waals surface area (Å²) in [6.07, 6.45) is 1.92. The summed E-state index contributed by atoms with van der Waals surface area (Å²) >= 11 is 1.64. The molecule has 104 valence electrons. The molecular formula is C15H22N2OS. The molecule has 1 aromatic rings. The van der Waals surface area contributed by atoms with Crippen LogP contribution in [0.5, 0.6) is 0 Å². The molecule has 0 saturated heterocycles. The SMILES string of the molecule is CCC(N)CSCC(=O)N1c2ccccc2CC1C. The molecule has 1 amide bonds. The minimum absolute atomic E-state index is 0.195. The number of fused-ring (bicyclic) bond motifs is 1. The minimum atomic E-state index is 0.195. The average Bonchev–Trinajstić information content (AvgIpc) is 2.74. The van der Waals surface area contributed by atoms with Crippen LogP contribution in [-0.2, 0) is 11.2 Å². The predicted octanol–water partition coefficient (Wildman–Crippen LogP) is 2.43. The molecule has 3 nitrogen and oxygen atoms in total. The molecule has 0 spiro atoms. The van der Waals surface area contributed by atoms with Gasteiger partial charge < -0.3 is 10.6 Å². The Balaban J connectivity index is 1.96. The van der Waals surface area contributed by atoms with Gasteiger partial charge in [-0.05, 0) is 31.4 Å². The second kappa shape index (κ2) is 6.44. The summed E-state index contributed by atoms with van der Waals surface area (Å²) in [7, 11) is 0. The highest BCUT2D eigenvalue weighted by Crippen LogP contribution is 2.32. The van der Waals surface area contributed by atoms with Gasteiger partial charge in [-0.2, -0.15) is 11.8 Å². The number of thioether (sulfide) groups is 1. The summed E-state index contributed by atoms with van der Waals surface area (Å²) in [5, 5.41) is 0. The Hall–Kier alpha value is -1.00. The molecule has 0 bridgehead atoms. The van der Waals surface area contributed by atoms with Crippen LogP contribution in [0.2, 0.25) is 0 Å². The maximum absolute atomic E-state index is 12.4. The molecule has 1 aromatic carbocycles. The van der Waals surface area contributed by atoms with Crippen molar-refractivity contribution in [1.29, 1.82) is 0 Å². The highest BCUT2D eigenvalue weighted by atomic mass is 32.2. The lowest BCUT2D eigenvalue weighted by molar-refractivity contribution is -0.116. The number of hydrogen-bond donors (Lipinski definition) is 1. The molecule has 0 radical (unpaired) electrons. The van der Waals surface area contributed by atoms with Crippen LogP contribution < -0.4 is 10.6 Å². The number of amides is 1. The molecule has 19 heavy (non-hydrogen) atoms. The molecule has 1 heterocycles. The molecular weight excluding hydrogens is 256 g/mol. The predicted molar refractivity (Wildman–Crippen MR) is 82.7 cm³/mol. The molecule has 2 unspecified atom stereocenters. The van der Waals surface area contributed by atoms with Crippen LogP contribution in [-0.4, -0.2) is 29.5 Å². The second-order valence-corrected chi connectivity index (χ2v) is 6.16. The van der Waals surface area contributed by atoms with Crippen LogP contribution in [0.25, 0.3) is 0 Å². The van der Waals surface area contributed by atoms with Gasteiger partial charge in [0.1, 0.15) is 0 Å². The maximum atomic E-state index is 12.4. The van der Waals surface area contributed by atoms with Crippen LogP contribution in [0.1, 0.15) is 25.8 Å². The van der Waals surface area contributed by atoms with Crippen molar-refractivity contribution in [2.24, 2.45) is 5.73 Å². The first kappa shape index (κ1) is 14.4. The van der Waals surface area contributed by atoms with E-state index in [4.69, 9.17) is 5.73 Å². The van der Waals surface area contributed by atoms with Crippen molar-refractivity contribution in [2.45, 2.75) is 38.8 Å². The molecule has 2 N–H and O–H groups in total. The molecule has 0 aromatic heterocycles. The van der Waals surface area contributed by atoms with Gasteiger partial charge in [-0.1, -0.05) is 25.1 Å².